The average molecular weight is 464 g/mol. The largest absolute Gasteiger partial charge is 0.383 e. The summed E-state index contributed by atoms with van der Waals surface area (Å²) >= 11 is 0. The summed E-state index contributed by atoms with van der Waals surface area (Å²) in [6, 6.07) is 14.9. The molecular formula is C26H33N5O3. The number of carbonyl (C=O) groups is 2. The van der Waals surface area contributed by atoms with E-state index in [1.165, 1.54) is 5.56 Å². The third-order valence-corrected chi connectivity index (χ3v) is 6.53. The van der Waals surface area contributed by atoms with Gasteiger partial charge < -0.3 is 15.0 Å². The maximum absolute atomic E-state index is 13.6. The lowest BCUT2D eigenvalue weighted by Gasteiger charge is -2.32. The van der Waals surface area contributed by atoms with E-state index in [0.717, 1.165) is 48.7 Å². The summed E-state index contributed by atoms with van der Waals surface area (Å²) in [6.45, 7) is 2.70. The first-order chi connectivity index (χ1) is 16.6. The minimum Gasteiger partial charge on any atom is -0.383 e. The molecule has 4 rings (SSSR count). The molecule has 0 saturated heterocycles. The number of methoxy groups -OCH3 is 1. The number of rotatable bonds is 10. The monoisotopic (exact) mass is 463 g/mol. The number of aryl methyl sites for hydroxylation is 1. The summed E-state index contributed by atoms with van der Waals surface area (Å²) < 4.78 is 6.89. The Hall–Kier alpha value is -3.26. The fraction of sp³-hybridized carbons (Fsp3) is 0.462. The molecule has 180 valence electrons. The number of ether oxygens (including phenoxy) is 1. The highest BCUT2D eigenvalue weighted by molar-refractivity contribution is 5.89. The van der Waals surface area contributed by atoms with E-state index in [9.17, 15) is 9.59 Å². The van der Waals surface area contributed by atoms with Gasteiger partial charge in [-0.15, -0.1) is 5.10 Å². The first kappa shape index (κ1) is 23.9. The molecule has 0 spiro atoms. The number of para-hydroxylation sites is 1. The third-order valence-electron chi connectivity index (χ3n) is 6.53. The SMILES string of the molecule is CCc1ccc([C@H](C(=O)NC2CCCC2)N(CCOC)C(=O)Cn2nnc3ccccc32)cc1. The number of amides is 2. The van der Waals surface area contributed by atoms with Crippen LogP contribution in [0.25, 0.3) is 11.0 Å². The standard InChI is InChI=1S/C26H33N5O3/c1-3-19-12-14-20(15-13-19)25(26(33)27-21-8-4-5-9-21)30(16-17-34-2)24(32)18-31-23-11-7-6-10-22(23)28-29-31/h6-7,10-15,21,25H,3-5,8-9,16-18H2,1-2H3,(H,27,33)/t25-/m1/s1. The van der Waals surface area contributed by atoms with Crippen molar-refractivity contribution in [2.45, 2.75) is 57.7 Å². The number of fused-ring (bicyclic) bond motifs is 1. The van der Waals surface area contributed by atoms with Crippen molar-refractivity contribution >= 4 is 22.8 Å². The summed E-state index contributed by atoms with van der Waals surface area (Å²) in [5.74, 6) is -0.358. The normalized spacial score (nSPS) is 14.9. The summed E-state index contributed by atoms with van der Waals surface area (Å²) in [6.07, 6.45) is 5.10. The minimum atomic E-state index is -0.746. The summed E-state index contributed by atoms with van der Waals surface area (Å²) in [4.78, 5) is 28.9. The molecule has 2 aromatic carbocycles. The first-order valence-electron chi connectivity index (χ1n) is 12.1. The second kappa shape index (κ2) is 11.2. The van der Waals surface area contributed by atoms with E-state index in [-0.39, 0.29) is 24.4 Å². The number of benzene rings is 2. The molecule has 1 aliphatic carbocycles. The van der Waals surface area contributed by atoms with Crippen LogP contribution in [0.15, 0.2) is 48.5 Å². The predicted octanol–water partition coefficient (Wildman–Crippen LogP) is 3.27. The topological polar surface area (TPSA) is 89.4 Å². The van der Waals surface area contributed by atoms with Crippen LogP contribution in [0.4, 0.5) is 0 Å². The Balaban J connectivity index is 1.65. The predicted molar refractivity (Wildman–Crippen MR) is 130 cm³/mol. The van der Waals surface area contributed by atoms with Crippen molar-refractivity contribution in [3.05, 3.63) is 59.7 Å². The van der Waals surface area contributed by atoms with Crippen LogP contribution < -0.4 is 5.32 Å². The van der Waals surface area contributed by atoms with E-state index < -0.39 is 6.04 Å². The highest BCUT2D eigenvalue weighted by Gasteiger charge is 2.33. The van der Waals surface area contributed by atoms with Gasteiger partial charge in [0.05, 0.1) is 12.1 Å². The molecule has 0 aliphatic heterocycles. The molecule has 1 aromatic heterocycles. The van der Waals surface area contributed by atoms with Gasteiger partial charge in [-0.2, -0.15) is 0 Å². The van der Waals surface area contributed by atoms with Crippen molar-refractivity contribution in [3.63, 3.8) is 0 Å². The highest BCUT2D eigenvalue weighted by atomic mass is 16.5. The Morgan fingerprint density at radius 2 is 1.88 bits per heavy atom. The number of nitrogens with one attached hydrogen (secondary N) is 1. The third kappa shape index (κ3) is 5.44. The van der Waals surface area contributed by atoms with E-state index in [1.807, 2.05) is 48.5 Å². The zero-order chi connectivity index (χ0) is 23.9. The fourth-order valence-corrected chi connectivity index (χ4v) is 4.60. The van der Waals surface area contributed by atoms with E-state index in [2.05, 4.69) is 22.6 Å². The van der Waals surface area contributed by atoms with Crippen molar-refractivity contribution in [1.29, 1.82) is 0 Å². The lowest BCUT2D eigenvalue weighted by Crippen LogP contribution is -2.48. The van der Waals surface area contributed by atoms with Gasteiger partial charge in [0, 0.05) is 19.7 Å². The maximum Gasteiger partial charge on any atom is 0.247 e. The summed E-state index contributed by atoms with van der Waals surface area (Å²) in [5.41, 5.74) is 3.48. The van der Waals surface area contributed by atoms with Gasteiger partial charge in [0.15, 0.2) is 0 Å². The summed E-state index contributed by atoms with van der Waals surface area (Å²) in [7, 11) is 1.59. The Labute approximate surface area is 200 Å². The van der Waals surface area contributed by atoms with Gasteiger partial charge in [-0.1, -0.05) is 61.4 Å². The van der Waals surface area contributed by atoms with Crippen LogP contribution in [0, 0.1) is 0 Å². The maximum atomic E-state index is 13.6. The van der Waals surface area contributed by atoms with Gasteiger partial charge in [0.25, 0.3) is 0 Å². The number of nitrogens with zero attached hydrogens (tertiary/aromatic N) is 4. The second-order valence-electron chi connectivity index (χ2n) is 8.80. The van der Waals surface area contributed by atoms with Gasteiger partial charge in [-0.3, -0.25) is 9.59 Å². The van der Waals surface area contributed by atoms with Crippen molar-refractivity contribution in [1.82, 2.24) is 25.2 Å². The number of carbonyl (C=O) groups excluding carboxylic acids is 2. The van der Waals surface area contributed by atoms with Crippen LogP contribution in [-0.2, 0) is 27.3 Å². The Kier molecular flexibility index (Phi) is 7.90. The molecule has 1 fully saturated rings. The Morgan fingerprint density at radius 1 is 1.15 bits per heavy atom. The van der Waals surface area contributed by atoms with E-state index >= 15 is 0 Å². The smallest absolute Gasteiger partial charge is 0.247 e. The quantitative estimate of drug-likeness (QED) is 0.499. The molecular weight excluding hydrogens is 430 g/mol. The van der Waals surface area contributed by atoms with Crippen LogP contribution in [0.5, 0.6) is 0 Å². The molecule has 0 bridgehead atoms. The molecule has 3 aromatic rings. The molecule has 1 aliphatic rings. The zero-order valence-electron chi connectivity index (χ0n) is 19.9. The molecule has 0 unspecified atom stereocenters. The van der Waals surface area contributed by atoms with Crippen molar-refractivity contribution < 1.29 is 14.3 Å². The Bertz CT molecular complexity index is 1110. The van der Waals surface area contributed by atoms with Crippen LogP contribution >= 0.6 is 0 Å². The molecule has 34 heavy (non-hydrogen) atoms. The van der Waals surface area contributed by atoms with E-state index in [4.69, 9.17) is 4.74 Å². The number of hydrogen-bond donors (Lipinski definition) is 1. The molecule has 8 nitrogen and oxygen atoms in total. The fourth-order valence-electron chi connectivity index (χ4n) is 4.60. The minimum absolute atomic E-state index is 0.00944. The van der Waals surface area contributed by atoms with Crippen LogP contribution in [0.2, 0.25) is 0 Å². The molecule has 0 radical (unpaired) electrons. The molecule has 1 N–H and O–H groups in total. The van der Waals surface area contributed by atoms with Crippen LogP contribution in [0.1, 0.15) is 49.8 Å². The van der Waals surface area contributed by atoms with Gasteiger partial charge in [0.2, 0.25) is 11.8 Å². The number of aromatic nitrogens is 3. The van der Waals surface area contributed by atoms with Crippen LogP contribution in [0.3, 0.4) is 0 Å². The van der Waals surface area contributed by atoms with Crippen molar-refractivity contribution in [2.24, 2.45) is 0 Å². The van der Waals surface area contributed by atoms with Crippen molar-refractivity contribution in [2.75, 3.05) is 20.3 Å². The highest BCUT2D eigenvalue weighted by Crippen LogP contribution is 2.25. The van der Waals surface area contributed by atoms with Gasteiger partial charge in [0.1, 0.15) is 18.1 Å². The van der Waals surface area contributed by atoms with Gasteiger partial charge in [-0.05, 0) is 42.5 Å². The molecule has 1 heterocycles. The zero-order valence-corrected chi connectivity index (χ0v) is 19.9. The number of hydrogen-bond acceptors (Lipinski definition) is 5. The van der Waals surface area contributed by atoms with E-state index in [1.54, 1.807) is 16.7 Å². The van der Waals surface area contributed by atoms with Gasteiger partial charge in [-0.25, -0.2) is 4.68 Å². The second-order valence-corrected chi connectivity index (χ2v) is 8.80. The lowest BCUT2D eigenvalue weighted by molar-refractivity contribution is -0.142. The van der Waals surface area contributed by atoms with Crippen LogP contribution in [-0.4, -0.2) is 58.0 Å². The summed E-state index contributed by atoms with van der Waals surface area (Å²) in [5, 5.41) is 11.5. The Morgan fingerprint density at radius 3 is 2.59 bits per heavy atom. The lowest BCUT2D eigenvalue weighted by atomic mass is 10.0. The molecule has 2 amide bonds. The van der Waals surface area contributed by atoms with Gasteiger partial charge >= 0.3 is 0 Å². The molecule has 8 heteroatoms. The average Bonchev–Trinajstić information content (AvgIpc) is 3.52. The van der Waals surface area contributed by atoms with E-state index in [0.29, 0.717) is 13.2 Å². The first-order valence-corrected chi connectivity index (χ1v) is 12.1. The molecule has 1 atom stereocenters. The molecule has 1 saturated carbocycles. The van der Waals surface area contributed by atoms with Crippen molar-refractivity contribution in [3.8, 4) is 0 Å².